The van der Waals surface area contributed by atoms with Gasteiger partial charge in [-0.3, -0.25) is 0 Å². The second kappa shape index (κ2) is 5.59. The predicted octanol–water partition coefficient (Wildman–Crippen LogP) is 4.70. The van der Waals surface area contributed by atoms with Crippen molar-refractivity contribution in [1.82, 2.24) is 0 Å². The van der Waals surface area contributed by atoms with Crippen LogP contribution in [0.15, 0.2) is 37.8 Å². The van der Waals surface area contributed by atoms with Crippen LogP contribution in [0.5, 0.6) is 0 Å². The Morgan fingerprint density at radius 2 is 1.72 bits per heavy atom. The molecule has 1 heterocycles. The zero-order valence-electron chi connectivity index (χ0n) is 10.2. The van der Waals surface area contributed by atoms with Gasteiger partial charge in [0.1, 0.15) is 11.9 Å². The summed E-state index contributed by atoms with van der Waals surface area (Å²) >= 11 is 6.61. The number of aryl methyl sites for hydroxylation is 2. The molecular weight excluding hydrogens is 360 g/mol. The Morgan fingerprint density at radius 1 is 1.11 bits per heavy atom. The molecule has 18 heavy (non-hydrogen) atoms. The van der Waals surface area contributed by atoms with E-state index in [1.807, 2.05) is 0 Å². The fraction of sp³-hybridized carbons (Fsp3) is 0.286. The van der Waals surface area contributed by atoms with Crippen molar-refractivity contribution in [3.8, 4) is 0 Å². The molecule has 0 aliphatic carbocycles. The topological polar surface area (TPSA) is 33.4 Å². The number of rotatable bonds is 3. The van der Waals surface area contributed by atoms with Crippen molar-refractivity contribution in [3.63, 3.8) is 0 Å². The van der Waals surface area contributed by atoms with Crippen LogP contribution in [0.3, 0.4) is 0 Å². The van der Waals surface area contributed by atoms with Gasteiger partial charge in [-0.05, 0) is 57.3 Å². The molecule has 0 radical (unpaired) electrons. The molecule has 0 saturated carbocycles. The van der Waals surface area contributed by atoms with Gasteiger partial charge < -0.3 is 9.52 Å². The highest BCUT2D eigenvalue weighted by Crippen LogP contribution is 2.31. The number of benzene rings is 1. The van der Waals surface area contributed by atoms with E-state index in [0.717, 1.165) is 10.0 Å². The lowest BCUT2D eigenvalue weighted by Gasteiger charge is -2.09. The van der Waals surface area contributed by atoms with Gasteiger partial charge >= 0.3 is 0 Å². The Morgan fingerprint density at radius 3 is 2.22 bits per heavy atom. The van der Waals surface area contributed by atoms with Crippen LogP contribution in [0.2, 0.25) is 0 Å². The van der Waals surface area contributed by atoms with Crippen molar-refractivity contribution in [1.29, 1.82) is 0 Å². The van der Waals surface area contributed by atoms with Crippen LogP contribution >= 0.6 is 31.9 Å². The van der Waals surface area contributed by atoms with Gasteiger partial charge in [0.15, 0.2) is 4.67 Å². The summed E-state index contributed by atoms with van der Waals surface area (Å²) in [5, 5.41) is 10.2. The third-order valence-electron chi connectivity index (χ3n) is 2.70. The fourth-order valence-corrected chi connectivity index (χ4v) is 2.65. The number of hydrogen-bond acceptors (Lipinski definition) is 2. The van der Waals surface area contributed by atoms with E-state index in [4.69, 9.17) is 4.42 Å². The lowest BCUT2D eigenvalue weighted by molar-refractivity contribution is 0.149. The van der Waals surface area contributed by atoms with Crippen molar-refractivity contribution >= 4 is 31.9 Å². The molecule has 2 rings (SSSR count). The molecule has 1 aromatic carbocycles. The van der Waals surface area contributed by atoms with E-state index in [0.29, 0.717) is 16.9 Å². The van der Waals surface area contributed by atoms with Crippen LogP contribution < -0.4 is 0 Å². The second-order valence-electron chi connectivity index (χ2n) is 4.49. The SMILES string of the molecule is Cc1cc(C)cc(CC(O)c2cc(Br)c(Br)o2)c1. The Balaban J connectivity index is 2.18. The van der Waals surface area contributed by atoms with Crippen LogP contribution in [-0.4, -0.2) is 5.11 Å². The summed E-state index contributed by atoms with van der Waals surface area (Å²) in [5.74, 6) is 0.563. The zero-order chi connectivity index (χ0) is 13.3. The highest BCUT2D eigenvalue weighted by atomic mass is 79.9. The number of hydrogen-bond donors (Lipinski definition) is 1. The summed E-state index contributed by atoms with van der Waals surface area (Å²) in [7, 11) is 0. The van der Waals surface area contributed by atoms with Crippen molar-refractivity contribution in [2.75, 3.05) is 0 Å². The van der Waals surface area contributed by atoms with Gasteiger partial charge in [0.25, 0.3) is 0 Å². The van der Waals surface area contributed by atoms with Gasteiger partial charge in [-0.25, -0.2) is 0 Å². The zero-order valence-corrected chi connectivity index (χ0v) is 13.4. The number of aliphatic hydroxyl groups is 1. The highest BCUT2D eigenvalue weighted by molar-refractivity contribution is 9.13. The summed E-state index contributed by atoms with van der Waals surface area (Å²) in [6.07, 6.45) is -0.0802. The van der Waals surface area contributed by atoms with Gasteiger partial charge in [-0.1, -0.05) is 29.3 Å². The summed E-state index contributed by atoms with van der Waals surface area (Å²) in [6, 6.07) is 8.08. The van der Waals surface area contributed by atoms with Crippen molar-refractivity contribution in [2.45, 2.75) is 26.4 Å². The number of halogens is 2. The van der Waals surface area contributed by atoms with Crippen LogP contribution in [0.1, 0.15) is 28.6 Å². The number of furan rings is 1. The van der Waals surface area contributed by atoms with Crippen molar-refractivity contribution in [2.24, 2.45) is 0 Å². The first-order valence-electron chi connectivity index (χ1n) is 5.65. The monoisotopic (exact) mass is 372 g/mol. The molecule has 2 nitrogen and oxygen atoms in total. The molecule has 1 unspecified atom stereocenters. The Hall–Kier alpha value is -0.580. The molecule has 4 heteroatoms. The molecule has 0 aliphatic heterocycles. The van der Waals surface area contributed by atoms with Gasteiger partial charge in [0.2, 0.25) is 0 Å². The summed E-state index contributed by atoms with van der Waals surface area (Å²) in [5.41, 5.74) is 3.53. The largest absolute Gasteiger partial charge is 0.450 e. The van der Waals surface area contributed by atoms with E-state index >= 15 is 0 Å². The highest BCUT2D eigenvalue weighted by Gasteiger charge is 2.15. The Kier molecular flexibility index (Phi) is 4.30. The van der Waals surface area contributed by atoms with Crippen LogP contribution in [-0.2, 0) is 6.42 Å². The molecule has 0 bridgehead atoms. The second-order valence-corrected chi connectivity index (χ2v) is 6.06. The molecule has 0 fully saturated rings. The van der Waals surface area contributed by atoms with E-state index in [1.165, 1.54) is 11.1 Å². The molecule has 1 atom stereocenters. The third kappa shape index (κ3) is 3.25. The van der Waals surface area contributed by atoms with E-state index < -0.39 is 6.10 Å². The van der Waals surface area contributed by atoms with Gasteiger partial charge in [0, 0.05) is 6.42 Å². The van der Waals surface area contributed by atoms with Crippen LogP contribution in [0.25, 0.3) is 0 Å². The fourth-order valence-electron chi connectivity index (χ4n) is 2.04. The Bertz CT molecular complexity index is 521. The minimum atomic E-state index is -0.631. The maximum atomic E-state index is 10.2. The smallest absolute Gasteiger partial charge is 0.183 e. The molecule has 2 aromatic rings. The van der Waals surface area contributed by atoms with E-state index in [9.17, 15) is 5.11 Å². The van der Waals surface area contributed by atoms with Crippen molar-refractivity contribution < 1.29 is 9.52 Å². The maximum Gasteiger partial charge on any atom is 0.183 e. The molecule has 0 amide bonds. The molecule has 1 aromatic heterocycles. The molecule has 0 saturated heterocycles. The minimum Gasteiger partial charge on any atom is -0.450 e. The summed E-state index contributed by atoms with van der Waals surface area (Å²) in [4.78, 5) is 0. The molecule has 0 aliphatic rings. The summed E-state index contributed by atoms with van der Waals surface area (Å²) in [6.45, 7) is 4.12. The predicted molar refractivity (Wildman–Crippen MR) is 78.7 cm³/mol. The number of aliphatic hydroxyl groups excluding tert-OH is 1. The van der Waals surface area contributed by atoms with E-state index in [-0.39, 0.29) is 0 Å². The Labute approximate surface area is 123 Å². The lowest BCUT2D eigenvalue weighted by atomic mass is 10.0. The quantitative estimate of drug-likeness (QED) is 0.845. The lowest BCUT2D eigenvalue weighted by Crippen LogP contribution is -2.01. The first kappa shape index (κ1) is 13.8. The van der Waals surface area contributed by atoms with Gasteiger partial charge in [-0.15, -0.1) is 0 Å². The minimum absolute atomic E-state index is 0.551. The van der Waals surface area contributed by atoms with Gasteiger partial charge in [0.05, 0.1) is 4.47 Å². The van der Waals surface area contributed by atoms with E-state index in [2.05, 4.69) is 63.9 Å². The molecular formula is C14H14Br2O2. The van der Waals surface area contributed by atoms with Crippen LogP contribution in [0.4, 0.5) is 0 Å². The van der Waals surface area contributed by atoms with E-state index in [1.54, 1.807) is 6.07 Å². The molecule has 1 N–H and O–H groups in total. The average Bonchev–Trinajstić information content (AvgIpc) is 2.57. The molecule has 0 spiro atoms. The van der Waals surface area contributed by atoms with Crippen molar-refractivity contribution in [3.05, 3.63) is 55.9 Å². The first-order valence-corrected chi connectivity index (χ1v) is 7.24. The molecule has 96 valence electrons. The maximum absolute atomic E-state index is 10.2. The normalized spacial score (nSPS) is 12.7. The average molecular weight is 374 g/mol. The van der Waals surface area contributed by atoms with Gasteiger partial charge in [-0.2, -0.15) is 0 Å². The standard InChI is InChI=1S/C14H14Br2O2/c1-8-3-9(2)5-10(4-8)6-12(17)13-7-11(15)14(16)18-13/h3-5,7,12,17H,6H2,1-2H3. The first-order chi connectivity index (χ1) is 8.45. The summed E-state index contributed by atoms with van der Waals surface area (Å²) < 4.78 is 6.85. The third-order valence-corrected chi connectivity index (χ3v) is 4.41. The van der Waals surface area contributed by atoms with Crippen LogP contribution in [0, 0.1) is 13.8 Å².